The van der Waals surface area contributed by atoms with Gasteiger partial charge in [-0.2, -0.15) is 0 Å². The van der Waals surface area contributed by atoms with E-state index in [1.165, 1.54) is 6.07 Å². The number of nitrogens with zero attached hydrogens (tertiary/aromatic N) is 1. The molecule has 6 heteroatoms. The van der Waals surface area contributed by atoms with Crippen LogP contribution in [-0.2, 0) is 5.41 Å². The number of H-pyrrole nitrogens is 1. The molecule has 1 aromatic heterocycles. The molecule has 1 heterocycles. The van der Waals surface area contributed by atoms with Crippen LogP contribution in [0.2, 0.25) is 0 Å². The predicted molar refractivity (Wildman–Crippen MR) is 69.6 cm³/mol. The summed E-state index contributed by atoms with van der Waals surface area (Å²) in [6.07, 6.45) is 0. The van der Waals surface area contributed by atoms with Crippen molar-refractivity contribution in [1.29, 1.82) is 0 Å². The van der Waals surface area contributed by atoms with Gasteiger partial charge in [-0.1, -0.05) is 20.8 Å². The molecule has 0 atom stereocenters. The number of hydrogen-bond donors (Lipinski definition) is 2. The van der Waals surface area contributed by atoms with Crippen molar-refractivity contribution >= 4 is 5.97 Å². The number of carbonyl (C=O) groups is 1. The van der Waals surface area contributed by atoms with Crippen molar-refractivity contribution in [3.05, 3.63) is 41.2 Å². The van der Waals surface area contributed by atoms with E-state index in [1.54, 1.807) is 0 Å². The molecule has 0 aliphatic heterocycles. The molecule has 0 spiro atoms. The van der Waals surface area contributed by atoms with E-state index in [0.29, 0.717) is 5.69 Å². The minimum Gasteiger partial charge on any atom is -0.476 e. The van der Waals surface area contributed by atoms with E-state index in [0.717, 1.165) is 12.1 Å². The number of carboxylic acid groups (broad SMARTS) is 1. The van der Waals surface area contributed by atoms with E-state index in [9.17, 15) is 13.6 Å². The van der Waals surface area contributed by atoms with E-state index in [4.69, 9.17) is 5.11 Å². The Bertz CT molecular complexity index is 672. The van der Waals surface area contributed by atoms with Crippen molar-refractivity contribution in [2.24, 2.45) is 0 Å². The highest BCUT2D eigenvalue weighted by Gasteiger charge is 2.27. The average molecular weight is 280 g/mol. The second-order valence-electron chi connectivity index (χ2n) is 5.49. The quantitative estimate of drug-likeness (QED) is 0.886. The second kappa shape index (κ2) is 4.70. The fraction of sp³-hybridized carbons (Fsp3) is 0.286. The summed E-state index contributed by atoms with van der Waals surface area (Å²) in [5, 5.41) is 9.17. The first-order valence-corrected chi connectivity index (χ1v) is 5.99. The number of halogens is 2. The van der Waals surface area contributed by atoms with Crippen molar-refractivity contribution in [1.82, 2.24) is 9.97 Å². The first-order valence-electron chi connectivity index (χ1n) is 5.99. The number of hydrogen-bond acceptors (Lipinski definition) is 2. The smallest absolute Gasteiger partial charge is 0.356 e. The third-order valence-electron chi connectivity index (χ3n) is 2.84. The minimum atomic E-state index is -1.19. The lowest BCUT2D eigenvalue weighted by Gasteiger charge is -2.16. The highest BCUT2D eigenvalue weighted by atomic mass is 19.1. The Morgan fingerprint density at radius 2 is 1.95 bits per heavy atom. The molecule has 0 amide bonds. The van der Waals surface area contributed by atoms with Crippen LogP contribution in [0.1, 0.15) is 37.0 Å². The second-order valence-corrected chi connectivity index (χ2v) is 5.49. The number of nitrogens with one attached hydrogen (secondary N) is 1. The highest BCUT2D eigenvalue weighted by Crippen LogP contribution is 2.28. The van der Waals surface area contributed by atoms with Crippen LogP contribution in [-0.4, -0.2) is 21.0 Å². The van der Waals surface area contributed by atoms with E-state index in [2.05, 4.69) is 9.97 Å². The van der Waals surface area contributed by atoms with E-state index < -0.39 is 23.0 Å². The lowest BCUT2D eigenvalue weighted by molar-refractivity contribution is 0.0688. The summed E-state index contributed by atoms with van der Waals surface area (Å²) >= 11 is 0. The molecular weight excluding hydrogens is 266 g/mol. The standard InChI is InChI=1S/C14H14F2N2O2/c1-14(2,3)11-10(13(19)20)17-12(18-11)8-5-4-7(15)6-9(8)16/h4-6H,1-3H3,(H,17,18)(H,19,20). The van der Waals surface area contributed by atoms with E-state index >= 15 is 0 Å². The molecule has 20 heavy (non-hydrogen) atoms. The Morgan fingerprint density at radius 3 is 2.40 bits per heavy atom. The van der Waals surface area contributed by atoms with Crippen molar-refractivity contribution in [2.75, 3.05) is 0 Å². The number of imidazole rings is 1. The summed E-state index contributed by atoms with van der Waals surface area (Å²) in [4.78, 5) is 18.0. The molecule has 0 aliphatic carbocycles. The molecule has 0 radical (unpaired) electrons. The van der Waals surface area contributed by atoms with E-state index in [1.807, 2.05) is 20.8 Å². The first kappa shape index (κ1) is 14.2. The summed E-state index contributed by atoms with van der Waals surface area (Å²) in [5.41, 5.74) is -0.223. The van der Waals surface area contributed by atoms with Crippen LogP contribution >= 0.6 is 0 Å². The van der Waals surface area contributed by atoms with Crippen LogP contribution in [0.15, 0.2) is 18.2 Å². The van der Waals surface area contributed by atoms with Gasteiger partial charge in [-0.05, 0) is 12.1 Å². The summed E-state index contributed by atoms with van der Waals surface area (Å²) in [6, 6.07) is 3.05. The van der Waals surface area contributed by atoms with E-state index in [-0.39, 0.29) is 17.1 Å². The Morgan fingerprint density at radius 1 is 1.30 bits per heavy atom. The molecule has 2 aromatic rings. The van der Waals surface area contributed by atoms with Crippen molar-refractivity contribution in [3.63, 3.8) is 0 Å². The highest BCUT2D eigenvalue weighted by molar-refractivity contribution is 5.88. The van der Waals surface area contributed by atoms with Gasteiger partial charge in [0, 0.05) is 11.5 Å². The third kappa shape index (κ3) is 2.54. The van der Waals surface area contributed by atoms with Crippen molar-refractivity contribution < 1.29 is 18.7 Å². The van der Waals surface area contributed by atoms with Crippen LogP contribution in [0, 0.1) is 11.6 Å². The molecule has 2 rings (SSSR count). The largest absolute Gasteiger partial charge is 0.476 e. The first-order chi connectivity index (χ1) is 9.20. The number of aromatic amines is 1. The van der Waals surface area contributed by atoms with Crippen LogP contribution < -0.4 is 0 Å². The Hall–Kier alpha value is -2.24. The Kier molecular flexibility index (Phi) is 3.33. The summed E-state index contributed by atoms with van der Waals surface area (Å²) in [7, 11) is 0. The average Bonchev–Trinajstić information content (AvgIpc) is 2.73. The molecule has 0 aliphatic rings. The van der Waals surface area contributed by atoms with Gasteiger partial charge in [0.2, 0.25) is 0 Å². The molecule has 2 N–H and O–H groups in total. The molecule has 4 nitrogen and oxygen atoms in total. The zero-order valence-electron chi connectivity index (χ0n) is 11.3. The number of aromatic nitrogens is 2. The summed E-state index contributed by atoms with van der Waals surface area (Å²) in [6.45, 7) is 5.45. The zero-order valence-corrected chi connectivity index (χ0v) is 11.3. The summed E-state index contributed by atoms with van der Waals surface area (Å²) < 4.78 is 26.6. The number of carboxylic acids is 1. The Balaban J connectivity index is 2.62. The van der Waals surface area contributed by atoms with Gasteiger partial charge >= 0.3 is 5.97 Å². The van der Waals surface area contributed by atoms with Gasteiger partial charge in [0.15, 0.2) is 5.69 Å². The van der Waals surface area contributed by atoms with Crippen molar-refractivity contribution in [2.45, 2.75) is 26.2 Å². The van der Waals surface area contributed by atoms with Crippen LogP contribution in [0.4, 0.5) is 8.78 Å². The Labute approximate surface area is 114 Å². The maximum atomic E-state index is 13.7. The molecule has 0 unspecified atom stereocenters. The maximum Gasteiger partial charge on any atom is 0.356 e. The van der Waals surface area contributed by atoms with Crippen LogP contribution in [0.5, 0.6) is 0 Å². The number of benzene rings is 1. The molecule has 1 aromatic carbocycles. The lowest BCUT2D eigenvalue weighted by Crippen LogP contribution is -2.16. The van der Waals surface area contributed by atoms with Gasteiger partial charge in [0.05, 0.1) is 11.3 Å². The monoisotopic (exact) mass is 280 g/mol. The third-order valence-corrected chi connectivity index (χ3v) is 2.84. The van der Waals surface area contributed by atoms with Crippen LogP contribution in [0.3, 0.4) is 0 Å². The SMILES string of the molecule is CC(C)(C)c1[nH]c(-c2ccc(F)cc2F)nc1C(=O)O. The molecular formula is C14H14F2N2O2. The summed E-state index contributed by atoms with van der Waals surface area (Å²) in [5.74, 6) is -2.62. The number of aromatic carboxylic acids is 1. The topological polar surface area (TPSA) is 66.0 Å². The van der Waals surface area contributed by atoms with Gasteiger partial charge in [-0.3, -0.25) is 0 Å². The molecule has 0 bridgehead atoms. The predicted octanol–water partition coefficient (Wildman–Crippen LogP) is 3.35. The van der Waals surface area contributed by atoms with Gasteiger partial charge in [-0.15, -0.1) is 0 Å². The van der Waals surface area contributed by atoms with Crippen LogP contribution in [0.25, 0.3) is 11.4 Å². The van der Waals surface area contributed by atoms with Gasteiger partial charge in [0.1, 0.15) is 17.5 Å². The fourth-order valence-corrected chi connectivity index (χ4v) is 1.88. The lowest BCUT2D eigenvalue weighted by atomic mass is 9.91. The zero-order chi connectivity index (χ0) is 15.1. The van der Waals surface area contributed by atoms with Gasteiger partial charge in [-0.25, -0.2) is 18.6 Å². The molecule has 0 fully saturated rings. The van der Waals surface area contributed by atoms with Gasteiger partial charge in [0.25, 0.3) is 0 Å². The van der Waals surface area contributed by atoms with Gasteiger partial charge < -0.3 is 10.1 Å². The van der Waals surface area contributed by atoms with Crippen molar-refractivity contribution in [3.8, 4) is 11.4 Å². The normalized spacial score (nSPS) is 11.7. The molecule has 0 saturated carbocycles. The minimum absolute atomic E-state index is 0.0319. The fourth-order valence-electron chi connectivity index (χ4n) is 1.88. The maximum absolute atomic E-state index is 13.7. The number of rotatable bonds is 2. The molecule has 0 saturated heterocycles. The molecule has 106 valence electrons.